The molecule has 0 aliphatic carbocycles. The van der Waals surface area contributed by atoms with E-state index >= 15 is 0 Å². The molecule has 0 heterocycles. The molecule has 0 unspecified atom stereocenters. The molecular weight excluding hydrogens is 521 g/mol. The maximum Gasteiger partial charge on any atom is 0.244 e. The number of aryl methyl sites for hydroxylation is 1. The van der Waals surface area contributed by atoms with E-state index in [1.54, 1.807) is 30.3 Å². The van der Waals surface area contributed by atoms with Crippen LogP contribution in [0.15, 0.2) is 42.5 Å². The molecule has 2 aromatic carbocycles. The van der Waals surface area contributed by atoms with Gasteiger partial charge in [0.25, 0.3) is 0 Å². The number of anilines is 1. The van der Waals surface area contributed by atoms with E-state index in [4.69, 9.17) is 23.2 Å². The minimum Gasteiger partial charge on any atom is -0.352 e. The van der Waals surface area contributed by atoms with E-state index in [1.807, 2.05) is 39.8 Å². The molecule has 7 nitrogen and oxygen atoms in total. The predicted octanol–water partition coefficient (Wildman–Crippen LogP) is 5.04. The number of nitrogens with zero attached hydrogens (tertiary/aromatic N) is 2. The van der Waals surface area contributed by atoms with E-state index in [0.717, 1.165) is 22.5 Å². The Hall–Kier alpha value is -2.29. The molecule has 2 amide bonds. The zero-order valence-corrected chi connectivity index (χ0v) is 23.8. The van der Waals surface area contributed by atoms with Crippen molar-refractivity contribution in [3.8, 4) is 0 Å². The van der Waals surface area contributed by atoms with Crippen molar-refractivity contribution in [2.24, 2.45) is 0 Å². The van der Waals surface area contributed by atoms with Crippen molar-refractivity contribution in [2.45, 2.75) is 65.6 Å². The summed E-state index contributed by atoms with van der Waals surface area (Å²) in [4.78, 5) is 28.4. The molecule has 198 valence electrons. The molecule has 0 spiro atoms. The summed E-state index contributed by atoms with van der Waals surface area (Å²) >= 11 is 12.3. The molecule has 2 rings (SSSR count). The Morgan fingerprint density at radius 1 is 1.00 bits per heavy atom. The molecule has 0 aromatic heterocycles. The summed E-state index contributed by atoms with van der Waals surface area (Å²) in [5.74, 6) is -0.788. The monoisotopic (exact) mass is 555 g/mol. The van der Waals surface area contributed by atoms with E-state index < -0.39 is 28.5 Å². The summed E-state index contributed by atoms with van der Waals surface area (Å²) in [6.07, 6.45) is 2.75. The lowest BCUT2D eigenvalue weighted by Crippen LogP contribution is -2.53. The van der Waals surface area contributed by atoms with Crippen LogP contribution in [-0.2, 0) is 32.6 Å². The molecule has 2 atom stereocenters. The first-order valence-corrected chi connectivity index (χ1v) is 14.6. The van der Waals surface area contributed by atoms with Crippen LogP contribution in [0.4, 0.5) is 5.69 Å². The molecule has 1 N–H and O–H groups in total. The number of carbonyl (C=O) groups is 2. The van der Waals surface area contributed by atoms with Gasteiger partial charge in [-0.15, -0.1) is 0 Å². The highest BCUT2D eigenvalue weighted by atomic mass is 35.5. The number of sulfonamides is 1. The first-order valence-electron chi connectivity index (χ1n) is 12.0. The Morgan fingerprint density at radius 3 is 2.22 bits per heavy atom. The molecule has 0 aliphatic heterocycles. The molecule has 0 aliphatic rings. The van der Waals surface area contributed by atoms with Gasteiger partial charge in [0.05, 0.1) is 22.0 Å². The van der Waals surface area contributed by atoms with Crippen molar-refractivity contribution >= 4 is 50.7 Å². The highest BCUT2D eigenvalue weighted by Crippen LogP contribution is 2.26. The Morgan fingerprint density at radius 2 is 1.67 bits per heavy atom. The van der Waals surface area contributed by atoms with Gasteiger partial charge in [0.1, 0.15) is 12.6 Å². The number of carbonyl (C=O) groups excluding carboxylic acids is 2. The average molecular weight is 557 g/mol. The second-order valence-electron chi connectivity index (χ2n) is 8.76. The molecule has 0 saturated carbocycles. The third-order valence-electron chi connectivity index (χ3n) is 6.04. The van der Waals surface area contributed by atoms with Crippen molar-refractivity contribution in [2.75, 3.05) is 17.1 Å². The maximum absolute atomic E-state index is 13.8. The average Bonchev–Trinajstić information content (AvgIpc) is 2.83. The first-order chi connectivity index (χ1) is 16.9. The van der Waals surface area contributed by atoms with E-state index in [0.29, 0.717) is 34.1 Å². The topological polar surface area (TPSA) is 86.8 Å². The Labute approximate surface area is 224 Å². The second-order valence-corrected chi connectivity index (χ2v) is 11.5. The molecule has 36 heavy (non-hydrogen) atoms. The van der Waals surface area contributed by atoms with Crippen molar-refractivity contribution in [1.29, 1.82) is 0 Å². The lowest BCUT2D eigenvalue weighted by Gasteiger charge is -2.33. The van der Waals surface area contributed by atoms with Crippen molar-refractivity contribution in [3.63, 3.8) is 0 Å². The van der Waals surface area contributed by atoms with Gasteiger partial charge in [-0.2, -0.15) is 0 Å². The van der Waals surface area contributed by atoms with Gasteiger partial charge in [-0.05, 0) is 55.5 Å². The molecular formula is C26H35Cl2N3O4S. The lowest BCUT2D eigenvalue weighted by molar-refractivity contribution is -0.140. The first kappa shape index (κ1) is 29.9. The van der Waals surface area contributed by atoms with Crippen molar-refractivity contribution < 1.29 is 18.0 Å². The fraction of sp³-hybridized carbons (Fsp3) is 0.462. The number of halogens is 2. The van der Waals surface area contributed by atoms with Gasteiger partial charge < -0.3 is 10.2 Å². The third kappa shape index (κ3) is 7.85. The summed E-state index contributed by atoms with van der Waals surface area (Å²) in [6.45, 7) is 7.21. The van der Waals surface area contributed by atoms with Crippen LogP contribution in [0.25, 0.3) is 0 Å². The third-order valence-corrected chi connectivity index (χ3v) is 7.91. The van der Waals surface area contributed by atoms with E-state index in [-0.39, 0.29) is 18.5 Å². The number of para-hydroxylation sites is 1. The van der Waals surface area contributed by atoms with Crippen molar-refractivity contribution in [1.82, 2.24) is 10.2 Å². The summed E-state index contributed by atoms with van der Waals surface area (Å²) in [7, 11) is -3.79. The number of rotatable bonds is 12. The molecule has 0 saturated heterocycles. The Kier molecular flexibility index (Phi) is 11.1. The number of hydrogen-bond acceptors (Lipinski definition) is 4. The number of benzene rings is 2. The van der Waals surface area contributed by atoms with Gasteiger partial charge in [-0.3, -0.25) is 13.9 Å². The van der Waals surface area contributed by atoms with E-state index in [1.165, 1.54) is 4.90 Å². The van der Waals surface area contributed by atoms with Crippen LogP contribution in [0.3, 0.4) is 0 Å². The van der Waals surface area contributed by atoms with E-state index in [2.05, 4.69) is 5.32 Å². The van der Waals surface area contributed by atoms with Gasteiger partial charge >= 0.3 is 0 Å². The van der Waals surface area contributed by atoms with Gasteiger partial charge in [0.15, 0.2) is 0 Å². The minimum atomic E-state index is -3.79. The molecule has 0 fully saturated rings. The van der Waals surface area contributed by atoms with Gasteiger partial charge in [0, 0.05) is 12.6 Å². The molecule has 0 bridgehead atoms. The Bertz CT molecular complexity index is 1170. The fourth-order valence-electron chi connectivity index (χ4n) is 3.84. The number of amides is 2. The summed E-state index contributed by atoms with van der Waals surface area (Å²) in [5.41, 5.74) is 1.92. The van der Waals surface area contributed by atoms with Gasteiger partial charge in [-0.1, -0.05) is 68.2 Å². The maximum atomic E-state index is 13.8. The zero-order valence-electron chi connectivity index (χ0n) is 21.4. The van der Waals surface area contributed by atoms with Crippen LogP contribution in [0.2, 0.25) is 10.0 Å². The smallest absolute Gasteiger partial charge is 0.244 e. The molecule has 2 aromatic rings. The standard InChI is InChI=1S/C26H35Cl2N3O4S/c1-6-18(4)29-26(33)23(8-3)30(16-19-13-14-21(27)22(28)15-19)25(32)17-31(36(5,34)35)24-12-10-9-11-20(24)7-2/h9-15,18,23H,6-8,16-17H2,1-5H3,(H,29,33)/t18-,23+/m0/s1. The fourth-order valence-corrected chi connectivity index (χ4v) is 5.04. The predicted molar refractivity (Wildman–Crippen MR) is 147 cm³/mol. The SMILES string of the molecule is CCc1ccccc1N(CC(=O)N(Cc1ccc(Cl)c(Cl)c1)[C@H](CC)C(=O)N[C@@H](C)CC)S(C)(=O)=O. The van der Waals surface area contributed by atoms with Crippen LogP contribution in [0.1, 0.15) is 51.7 Å². The number of hydrogen-bond donors (Lipinski definition) is 1. The van der Waals surface area contributed by atoms with E-state index in [9.17, 15) is 18.0 Å². The Balaban J connectivity index is 2.50. The summed E-state index contributed by atoms with van der Waals surface area (Å²) < 4.78 is 26.7. The molecule has 0 radical (unpaired) electrons. The van der Waals surface area contributed by atoms with Gasteiger partial charge in [-0.25, -0.2) is 8.42 Å². The minimum absolute atomic E-state index is 0.0647. The van der Waals surface area contributed by atoms with Crippen LogP contribution in [0.5, 0.6) is 0 Å². The van der Waals surface area contributed by atoms with Crippen LogP contribution in [-0.4, -0.2) is 50.0 Å². The largest absolute Gasteiger partial charge is 0.352 e. The quantitative estimate of drug-likeness (QED) is 0.397. The number of nitrogens with one attached hydrogen (secondary N) is 1. The van der Waals surface area contributed by atoms with Crippen molar-refractivity contribution in [3.05, 3.63) is 63.6 Å². The summed E-state index contributed by atoms with van der Waals surface area (Å²) in [5, 5.41) is 3.65. The normalized spacial score (nSPS) is 13.1. The summed E-state index contributed by atoms with van der Waals surface area (Å²) in [6, 6.07) is 11.2. The second kappa shape index (κ2) is 13.3. The highest BCUT2D eigenvalue weighted by molar-refractivity contribution is 7.92. The lowest BCUT2D eigenvalue weighted by atomic mass is 10.1. The van der Waals surface area contributed by atoms with Crippen LogP contribution < -0.4 is 9.62 Å². The zero-order chi connectivity index (χ0) is 27.0. The van der Waals surface area contributed by atoms with Crippen LogP contribution >= 0.6 is 23.2 Å². The molecule has 10 heteroatoms. The van der Waals surface area contributed by atoms with Gasteiger partial charge in [0.2, 0.25) is 21.8 Å². The highest BCUT2D eigenvalue weighted by Gasteiger charge is 2.32. The van der Waals surface area contributed by atoms with Crippen LogP contribution in [0, 0.1) is 0 Å².